The molecule has 7 heteroatoms. The lowest BCUT2D eigenvalue weighted by molar-refractivity contribution is -0.144. The van der Waals surface area contributed by atoms with E-state index in [2.05, 4.69) is 0 Å². The summed E-state index contributed by atoms with van der Waals surface area (Å²) in [6.07, 6.45) is -0.0472. The van der Waals surface area contributed by atoms with Gasteiger partial charge in [0, 0.05) is 30.3 Å². The van der Waals surface area contributed by atoms with Gasteiger partial charge in [-0.1, -0.05) is 13.0 Å². The molecule has 0 saturated carbocycles. The molecule has 3 unspecified atom stereocenters. The van der Waals surface area contributed by atoms with Crippen LogP contribution in [0.1, 0.15) is 24.3 Å². The summed E-state index contributed by atoms with van der Waals surface area (Å²) in [5.74, 6) is -0.131. The number of aliphatic hydroxyl groups excluding tert-OH is 1. The van der Waals surface area contributed by atoms with Crippen LogP contribution in [0.5, 0.6) is 0 Å². The summed E-state index contributed by atoms with van der Waals surface area (Å²) in [5.41, 5.74) is 5.58. The molecule has 5 nitrogen and oxygen atoms in total. The van der Waals surface area contributed by atoms with E-state index >= 15 is 0 Å². The van der Waals surface area contributed by atoms with Crippen LogP contribution in [0.2, 0.25) is 0 Å². The van der Waals surface area contributed by atoms with Gasteiger partial charge in [-0.15, -0.1) is 23.7 Å². The number of nitrogens with two attached hydrogens (primary N) is 1. The number of halogens is 1. The monoisotopic (exact) mass is 334 g/mol. The Balaban J connectivity index is 0.00000220. The van der Waals surface area contributed by atoms with E-state index in [1.807, 2.05) is 29.3 Å². The Morgan fingerprint density at radius 3 is 3.05 bits per heavy atom. The van der Waals surface area contributed by atoms with Crippen LogP contribution in [-0.2, 0) is 9.53 Å². The molecule has 0 radical (unpaired) electrons. The third kappa shape index (κ3) is 4.66. The standard InChI is InChI=1S/C14H22N2O3S.ClH/c1-10(8-15)14(18)16-4-5-19-9-11(16)7-12(17)13-3-2-6-20-13;/h2-3,6,10-12,17H,4-5,7-9,15H2,1H3;1H. The summed E-state index contributed by atoms with van der Waals surface area (Å²) in [7, 11) is 0. The van der Waals surface area contributed by atoms with Crippen LogP contribution in [0.4, 0.5) is 0 Å². The molecule has 2 rings (SSSR count). The van der Waals surface area contributed by atoms with E-state index in [1.165, 1.54) is 11.3 Å². The van der Waals surface area contributed by atoms with E-state index in [-0.39, 0.29) is 30.3 Å². The Hall–Kier alpha value is -0.660. The molecular formula is C14H23ClN2O3S. The molecule has 1 aliphatic heterocycles. The van der Waals surface area contributed by atoms with E-state index < -0.39 is 6.10 Å². The summed E-state index contributed by atoms with van der Waals surface area (Å²) in [6, 6.07) is 3.75. The van der Waals surface area contributed by atoms with Crippen LogP contribution in [0.25, 0.3) is 0 Å². The van der Waals surface area contributed by atoms with Crippen LogP contribution in [0.15, 0.2) is 17.5 Å². The first-order chi connectivity index (χ1) is 9.63. The molecule has 0 spiro atoms. The fraction of sp³-hybridized carbons (Fsp3) is 0.643. The number of carbonyl (C=O) groups is 1. The molecule has 0 aromatic carbocycles. The van der Waals surface area contributed by atoms with E-state index in [0.717, 1.165) is 4.88 Å². The molecule has 1 amide bonds. The highest BCUT2D eigenvalue weighted by molar-refractivity contribution is 7.10. The van der Waals surface area contributed by atoms with Crippen LogP contribution in [-0.4, -0.2) is 48.3 Å². The second kappa shape index (κ2) is 8.70. The summed E-state index contributed by atoms with van der Waals surface area (Å²) in [6.45, 7) is 3.78. The van der Waals surface area contributed by atoms with Gasteiger partial charge in [-0.05, 0) is 11.4 Å². The van der Waals surface area contributed by atoms with Crippen molar-refractivity contribution in [3.63, 3.8) is 0 Å². The van der Waals surface area contributed by atoms with E-state index in [0.29, 0.717) is 32.7 Å². The maximum atomic E-state index is 12.3. The first-order valence-electron chi connectivity index (χ1n) is 6.93. The van der Waals surface area contributed by atoms with Gasteiger partial charge in [0.2, 0.25) is 5.91 Å². The SMILES string of the molecule is CC(CN)C(=O)N1CCOCC1CC(O)c1cccs1.Cl. The van der Waals surface area contributed by atoms with Crippen molar-refractivity contribution < 1.29 is 14.6 Å². The fourth-order valence-corrected chi connectivity index (χ4v) is 3.10. The second-order valence-electron chi connectivity index (χ2n) is 5.16. The highest BCUT2D eigenvalue weighted by Gasteiger charge is 2.31. The molecule has 1 aromatic heterocycles. The molecule has 2 heterocycles. The first-order valence-corrected chi connectivity index (χ1v) is 7.81. The Bertz CT molecular complexity index is 430. The van der Waals surface area contributed by atoms with E-state index in [1.54, 1.807) is 0 Å². The van der Waals surface area contributed by atoms with Gasteiger partial charge in [0.15, 0.2) is 0 Å². The van der Waals surface area contributed by atoms with E-state index in [9.17, 15) is 9.90 Å². The molecule has 3 atom stereocenters. The number of aliphatic hydroxyl groups is 1. The van der Waals surface area contributed by atoms with Gasteiger partial charge in [0.05, 0.1) is 25.4 Å². The second-order valence-corrected chi connectivity index (χ2v) is 6.14. The number of carbonyl (C=O) groups excluding carboxylic acids is 1. The molecular weight excluding hydrogens is 312 g/mol. The lowest BCUT2D eigenvalue weighted by Crippen LogP contribution is -2.51. The van der Waals surface area contributed by atoms with Crippen molar-refractivity contribution in [1.82, 2.24) is 4.90 Å². The highest BCUT2D eigenvalue weighted by Crippen LogP contribution is 2.26. The van der Waals surface area contributed by atoms with Crippen molar-refractivity contribution >= 4 is 29.7 Å². The molecule has 1 aliphatic rings. The fourth-order valence-electron chi connectivity index (χ4n) is 2.38. The van der Waals surface area contributed by atoms with Crippen molar-refractivity contribution in [3.05, 3.63) is 22.4 Å². The maximum absolute atomic E-state index is 12.3. The van der Waals surface area contributed by atoms with Gasteiger partial charge < -0.3 is 20.5 Å². The molecule has 0 bridgehead atoms. The van der Waals surface area contributed by atoms with Gasteiger partial charge in [-0.25, -0.2) is 0 Å². The number of hydrogen-bond acceptors (Lipinski definition) is 5. The normalized spacial score (nSPS) is 21.5. The first kappa shape index (κ1) is 18.4. The summed E-state index contributed by atoms with van der Waals surface area (Å²) < 4.78 is 5.46. The average Bonchev–Trinajstić information content (AvgIpc) is 3.00. The Labute approximate surface area is 135 Å². The van der Waals surface area contributed by atoms with Gasteiger partial charge >= 0.3 is 0 Å². The predicted octanol–water partition coefficient (Wildman–Crippen LogP) is 1.42. The minimum atomic E-state index is -0.551. The summed E-state index contributed by atoms with van der Waals surface area (Å²) in [5, 5.41) is 12.2. The highest BCUT2D eigenvalue weighted by atomic mass is 35.5. The number of ether oxygens (including phenoxy) is 1. The van der Waals surface area contributed by atoms with Crippen molar-refractivity contribution in [3.8, 4) is 0 Å². The Morgan fingerprint density at radius 2 is 2.43 bits per heavy atom. The Morgan fingerprint density at radius 1 is 1.67 bits per heavy atom. The number of morpholine rings is 1. The van der Waals surface area contributed by atoms with E-state index in [4.69, 9.17) is 10.5 Å². The zero-order chi connectivity index (χ0) is 14.5. The van der Waals surface area contributed by atoms with Crippen molar-refractivity contribution in [2.24, 2.45) is 11.7 Å². The Kier molecular flexibility index (Phi) is 7.62. The van der Waals surface area contributed by atoms with Gasteiger partial charge in [-0.3, -0.25) is 4.79 Å². The van der Waals surface area contributed by atoms with Crippen LogP contribution < -0.4 is 5.73 Å². The van der Waals surface area contributed by atoms with Gasteiger partial charge in [0.1, 0.15) is 0 Å². The van der Waals surface area contributed by atoms with Gasteiger partial charge in [0.25, 0.3) is 0 Å². The quantitative estimate of drug-likeness (QED) is 0.853. The maximum Gasteiger partial charge on any atom is 0.227 e. The van der Waals surface area contributed by atoms with Crippen molar-refractivity contribution in [2.45, 2.75) is 25.5 Å². The molecule has 3 N–H and O–H groups in total. The number of thiophene rings is 1. The predicted molar refractivity (Wildman–Crippen MR) is 85.7 cm³/mol. The van der Waals surface area contributed by atoms with Gasteiger partial charge in [-0.2, -0.15) is 0 Å². The van der Waals surface area contributed by atoms with Crippen LogP contribution >= 0.6 is 23.7 Å². The zero-order valence-corrected chi connectivity index (χ0v) is 13.7. The van der Waals surface area contributed by atoms with Crippen molar-refractivity contribution in [1.29, 1.82) is 0 Å². The molecule has 1 saturated heterocycles. The van der Waals surface area contributed by atoms with Crippen LogP contribution in [0, 0.1) is 5.92 Å². The lowest BCUT2D eigenvalue weighted by Gasteiger charge is -2.37. The number of nitrogens with zero attached hydrogens (tertiary/aromatic N) is 1. The zero-order valence-electron chi connectivity index (χ0n) is 12.1. The average molecular weight is 335 g/mol. The summed E-state index contributed by atoms with van der Waals surface area (Å²) in [4.78, 5) is 15.1. The van der Waals surface area contributed by atoms with Crippen molar-refractivity contribution in [2.75, 3.05) is 26.3 Å². The van der Waals surface area contributed by atoms with Crippen LogP contribution in [0.3, 0.4) is 0 Å². The topological polar surface area (TPSA) is 75.8 Å². The minimum Gasteiger partial charge on any atom is -0.387 e. The molecule has 21 heavy (non-hydrogen) atoms. The molecule has 0 aliphatic carbocycles. The number of rotatable bonds is 5. The number of amides is 1. The molecule has 1 aromatic rings. The molecule has 1 fully saturated rings. The number of hydrogen-bond donors (Lipinski definition) is 2. The minimum absolute atomic E-state index is 0. The smallest absolute Gasteiger partial charge is 0.227 e. The third-order valence-corrected chi connectivity index (χ3v) is 4.63. The lowest BCUT2D eigenvalue weighted by atomic mass is 10.0. The largest absolute Gasteiger partial charge is 0.387 e. The summed E-state index contributed by atoms with van der Waals surface area (Å²) >= 11 is 1.53. The molecule has 120 valence electrons. The third-order valence-electron chi connectivity index (χ3n) is 3.65.